The number of benzene rings is 1. The SMILES string of the molecule is COc1ncc(Cl)cc1C(=O)N[C@@H]1CCc2ccc(F)cc21. The quantitative estimate of drug-likeness (QED) is 0.944. The fourth-order valence-electron chi connectivity index (χ4n) is 2.71. The number of rotatable bonds is 3. The number of nitrogens with zero attached hydrogens (tertiary/aromatic N) is 1. The minimum atomic E-state index is -0.339. The van der Waals surface area contributed by atoms with E-state index < -0.39 is 0 Å². The Kier molecular flexibility index (Phi) is 3.98. The lowest BCUT2D eigenvalue weighted by atomic mass is 10.1. The van der Waals surface area contributed by atoms with Crippen molar-refractivity contribution in [2.45, 2.75) is 18.9 Å². The first-order chi connectivity index (χ1) is 10.6. The average molecular weight is 321 g/mol. The summed E-state index contributed by atoms with van der Waals surface area (Å²) < 4.78 is 18.5. The third kappa shape index (κ3) is 2.76. The normalized spacial score (nSPS) is 16.2. The van der Waals surface area contributed by atoms with Crippen molar-refractivity contribution < 1.29 is 13.9 Å². The number of pyridine rings is 1. The highest BCUT2D eigenvalue weighted by atomic mass is 35.5. The first-order valence-corrected chi connectivity index (χ1v) is 7.25. The molecule has 0 saturated carbocycles. The van der Waals surface area contributed by atoms with Gasteiger partial charge in [-0.3, -0.25) is 4.79 Å². The zero-order valence-electron chi connectivity index (χ0n) is 11.9. The van der Waals surface area contributed by atoms with Gasteiger partial charge in [0.15, 0.2) is 0 Å². The number of aromatic nitrogens is 1. The van der Waals surface area contributed by atoms with Crippen LogP contribution in [0.2, 0.25) is 5.02 Å². The van der Waals surface area contributed by atoms with Gasteiger partial charge in [0.1, 0.15) is 11.4 Å². The molecule has 1 aliphatic rings. The summed E-state index contributed by atoms with van der Waals surface area (Å²) in [6.45, 7) is 0. The fraction of sp³-hybridized carbons (Fsp3) is 0.250. The van der Waals surface area contributed by atoms with Crippen LogP contribution in [0.5, 0.6) is 5.88 Å². The van der Waals surface area contributed by atoms with Crippen LogP contribution in [0.3, 0.4) is 0 Å². The molecule has 0 unspecified atom stereocenters. The largest absolute Gasteiger partial charge is 0.480 e. The Bertz CT molecular complexity index is 736. The molecule has 1 aliphatic carbocycles. The van der Waals surface area contributed by atoms with Crippen molar-refractivity contribution in [2.75, 3.05) is 7.11 Å². The van der Waals surface area contributed by atoms with Gasteiger partial charge in [-0.1, -0.05) is 17.7 Å². The predicted octanol–water partition coefficient (Wildman–Crippen LogP) is 3.30. The second-order valence-corrected chi connectivity index (χ2v) is 5.55. The third-order valence-corrected chi connectivity index (χ3v) is 3.95. The van der Waals surface area contributed by atoms with Crippen molar-refractivity contribution in [3.05, 3.63) is 58.0 Å². The molecule has 3 rings (SSSR count). The third-order valence-electron chi connectivity index (χ3n) is 3.75. The van der Waals surface area contributed by atoms with Gasteiger partial charge in [0.2, 0.25) is 5.88 Å². The van der Waals surface area contributed by atoms with Gasteiger partial charge in [0.05, 0.1) is 18.2 Å². The number of carbonyl (C=O) groups excluding carboxylic acids is 1. The molecule has 22 heavy (non-hydrogen) atoms. The molecule has 4 nitrogen and oxygen atoms in total. The molecule has 0 bridgehead atoms. The summed E-state index contributed by atoms with van der Waals surface area (Å²) in [6.07, 6.45) is 2.96. The first kappa shape index (κ1) is 14.8. The van der Waals surface area contributed by atoms with E-state index in [1.807, 2.05) is 0 Å². The monoisotopic (exact) mass is 320 g/mol. The summed E-state index contributed by atoms with van der Waals surface area (Å²) in [5, 5.41) is 3.25. The smallest absolute Gasteiger partial charge is 0.257 e. The number of nitrogens with one attached hydrogen (secondary N) is 1. The maximum absolute atomic E-state index is 13.4. The second-order valence-electron chi connectivity index (χ2n) is 5.12. The zero-order chi connectivity index (χ0) is 15.7. The zero-order valence-corrected chi connectivity index (χ0v) is 12.7. The van der Waals surface area contributed by atoms with Crippen LogP contribution in [0.15, 0.2) is 30.5 Å². The summed E-state index contributed by atoms with van der Waals surface area (Å²) in [4.78, 5) is 16.4. The van der Waals surface area contributed by atoms with E-state index in [1.165, 1.54) is 31.5 Å². The molecule has 0 aliphatic heterocycles. The summed E-state index contributed by atoms with van der Waals surface area (Å²) in [6, 6.07) is 5.96. The van der Waals surface area contributed by atoms with Crippen molar-refractivity contribution in [1.29, 1.82) is 0 Å². The van der Waals surface area contributed by atoms with E-state index in [2.05, 4.69) is 10.3 Å². The Morgan fingerprint density at radius 2 is 2.27 bits per heavy atom. The van der Waals surface area contributed by atoms with Gasteiger partial charge in [-0.05, 0) is 42.2 Å². The van der Waals surface area contributed by atoms with Gasteiger partial charge in [-0.15, -0.1) is 0 Å². The van der Waals surface area contributed by atoms with Gasteiger partial charge >= 0.3 is 0 Å². The van der Waals surface area contributed by atoms with Crippen molar-refractivity contribution in [1.82, 2.24) is 10.3 Å². The van der Waals surface area contributed by atoms with Gasteiger partial charge in [0, 0.05) is 6.20 Å². The average Bonchev–Trinajstić information content (AvgIpc) is 2.89. The lowest BCUT2D eigenvalue weighted by Crippen LogP contribution is -2.27. The minimum Gasteiger partial charge on any atom is -0.480 e. The molecule has 0 fully saturated rings. The maximum atomic E-state index is 13.4. The van der Waals surface area contributed by atoms with E-state index in [0.29, 0.717) is 5.02 Å². The molecule has 0 spiro atoms. The van der Waals surface area contributed by atoms with Crippen LogP contribution >= 0.6 is 11.6 Å². The van der Waals surface area contributed by atoms with Crippen molar-refractivity contribution in [3.63, 3.8) is 0 Å². The lowest BCUT2D eigenvalue weighted by molar-refractivity contribution is 0.0933. The van der Waals surface area contributed by atoms with E-state index >= 15 is 0 Å². The molecule has 1 heterocycles. The van der Waals surface area contributed by atoms with Gasteiger partial charge in [-0.25, -0.2) is 9.37 Å². The number of methoxy groups -OCH3 is 1. The molecular weight excluding hydrogens is 307 g/mol. The number of halogens is 2. The molecule has 1 N–H and O–H groups in total. The number of carbonyl (C=O) groups is 1. The molecule has 1 aromatic heterocycles. The van der Waals surface area contributed by atoms with Crippen molar-refractivity contribution in [3.8, 4) is 5.88 Å². The standard InChI is InChI=1S/C16H14ClFN2O2/c1-22-16-13(6-10(17)8-19-16)15(21)20-14-5-3-9-2-4-11(18)7-12(9)14/h2,4,6-8,14H,3,5H2,1H3,(H,20,21)/t14-/m1/s1. The number of ether oxygens (including phenoxy) is 1. The predicted molar refractivity (Wildman–Crippen MR) is 80.7 cm³/mol. The number of hydrogen-bond donors (Lipinski definition) is 1. The Hall–Kier alpha value is -2.14. The van der Waals surface area contributed by atoms with E-state index in [9.17, 15) is 9.18 Å². The van der Waals surface area contributed by atoms with Crippen molar-refractivity contribution in [2.24, 2.45) is 0 Å². The van der Waals surface area contributed by atoms with Crippen LogP contribution in [-0.2, 0) is 6.42 Å². The highest BCUT2D eigenvalue weighted by Gasteiger charge is 2.26. The number of amides is 1. The van der Waals surface area contributed by atoms with Gasteiger partial charge in [-0.2, -0.15) is 0 Å². The molecule has 2 aromatic rings. The Morgan fingerprint density at radius 3 is 3.05 bits per heavy atom. The number of aryl methyl sites for hydroxylation is 1. The number of hydrogen-bond acceptors (Lipinski definition) is 3. The first-order valence-electron chi connectivity index (χ1n) is 6.87. The summed E-state index contributed by atoms with van der Waals surface area (Å²) >= 11 is 5.89. The Morgan fingerprint density at radius 1 is 1.45 bits per heavy atom. The number of fused-ring (bicyclic) bond motifs is 1. The van der Waals surface area contributed by atoms with Crippen LogP contribution < -0.4 is 10.1 Å². The van der Waals surface area contributed by atoms with Crippen molar-refractivity contribution >= 4 is 17.5 Å². The Labute approximate surface area is 132 Å². The van der Waals surface area contributed by atoms with Crippen LogP contribution in [0.1, 0.15) is 33.9 Å². The van der Waals surface area contributed by atoms with Gasteiger partial charge < -0.3 is 10.1 Å². The van der Waals surface area contributed by atoms with Crippen LogP contribution in [-0.4, -0.2) is 18.0 Å². The van der Waals surface area contributed by atoms with E-state index in [0.717, 1.165) is 24.0 Å². The molecule has 6 heteroatoms. The summed E-state index contributed by atoms with van der Waals surface area (Å²) in [5.41, 5.74) is 2.14. The molecule has 114 valence electrons. The minimum absolute atomic E-state index is 0.208. The van der Waals surface area contributed by atoms with Crippen LogP contribution in [0.4, 0.5) is 4.39 Å². The molecule has 0 radical (unpaired) electrons. The van der Waals surface area contributed by atoms with E-state index in [4.69, 9.17) is 16.3 Å². The molecule has 1 amide bonds. The molecular formula is C16H14ClFN2O2. The molecule has 1 atom stereocenters. The van der Waals surface area contributed by atoms with E-state index in [-0.39, 0.29) is 29.2 Å². The topological polar surface area (TPSA) is 51.2 Å². The molecule has 0 saturated heterocycles. The highest BCUT2D eigenvalue weighted by molar-refractivity contribution is 6.30. The van der Waals surface area contributed by atoms with Crippen LogP contribution in [0.25, 0.3) is 0 Å². The van der Waals surface area contributed by atoms with E-state index in [1.54, 1.807) is 6.07 Å². The summed E-state index contributed by atoms with van der Waals surface area (Å²) in [5.74, 6) is -0.435. The lowest BCUT2D eigenvalue weighted by Gasteiger charge is -2.15. The maximum Gasteiger partial charge on any atom is 0.257 e. The Balaban J connectivity index is 1.85. The van der Waals surface area contributed by atoms with Gasteiger partial charge in [0.25, 0.3) is 5.91 Å². The molecule has 1 aromatic carbocycles. The fourth-order valence-corrected chi connectivity index (χ4v) is 2.87. The van der Waals surface area contributed by atoms with Crippen LogP contribution in [0, 0.1) is 5.82 Å². The second kappa shape index (κ2) is 5.93. The summed E-state index contributed by atoms with van der Waals surface area (Å²) in [7, 11) is 1.44. The highest BCUT2D eigenvalue weighted by Crippen LogP contribution is 2.32.